The maximum absolute atomic E-state index is 11.1. The smallest absolute Gasteiger partial charge is 0.305 e. The molecule has 0 bridgehead atoms. The second-order valence-corrected chi connectivity index (χ2v) is 7.74. The minimum absolute atomic E-state index is 0.0863. The molecule has 1 atom stereocenters. The summed E-state index contributed by atoms with van der Waals surface area (Å²) in [5, 5.41) is 0. The predicted molar refractivity (Wildman–Crippen MR) is 78.0 cm³/mol. The molecule has 2 aliphatic carbocycles. The van der Waals surface area contributed by atoms with E-state index in [1.165, 1.54) is 19.3 Å². The molecule has 0 aromatic heterocycles. The summed E-state index contributed by atoms with van der Waals surface area (Å²) in [7, 11) is -3.44. The van der Waals surface area contributed by atoms with Crippen LogP contribution in [0.15, 0.2) is 23.5 Å². The minimum atomic E-state index is -3.44. The Kier molecular flexibility index (Phi) is 4.12. The van der Waals surface area contributed by atoms with Gasteiger partial charge in [-0.15, -0.1) is 0 Å². The molecule has 1 unspecified atom stereocenters. The normalized spacial score (nSPS) is 29.1. The SMILES string of the molecule is CS(=O)(=O)OC1=CC=C(C2OCC3(CCCCC3)O2)CC1. The highest BCUT2D eigenvalue weighted by Gasteiger charge is 2.43. The molecular formula is C15H22O5S. The zero-order chi connectivity index (χ0) is 14.9. The van der Waals surface area contributed by atoms with Crippen molar-refractivity contribution in [3.63, 3.8) is 0 Å². The van der Waals surface area contributed by atoms with Gasteiger partial charge in [0.05, 0.1) is 18.5 Å². The Hall–Kier alpha value is -0.850. The molecule has 0 aromatic rings. The summed E-state index contributed by atoms with van der Waals surface area (Å²) >= 11 is 0. The molecule has 1 heterocycles. The highest BCUT2D eigenvalue weighted by atomic mass is 32.2. The van der Waals surface area contributed by atoms with Gasteiger partial charge in [0.1, 0.15) is 5.76 Å². The van der Waals surface area contributed by atoms with Crippen LogP contribution in [0.3, 0.4) is 0 Å². The molecule has 6 heteroatoms. The Morgan fingerprint density at radius 3 is 2.57 bits per heavy atom. The summed E-state index contributed by atoms with van der Waals surface area (Å²) in [6.07, 6.45) is 11.5. The van der Waals surface area contributed by atoms with Crippen molar-refractivity contribution < 1.29 is 22.1 Å². The van der Waals surface area contributed by atoms with E-state index in [0.29, 0.717) is 25.2 Å². The van der Waals surface area contributed by atoms with Crippen molar-refractivity contribution >= 4 is 10.1 Å². The predicted octanol–water partition coefficient (Wildman–Crippen LogP) is 2.64. The van der Waals surface area contributed by atoms with E-state index in [4.69, 9.17) is 13.7 Å². The molecule has 1 aliphatic heterocycles. The summed E-state index contributed by atoms with van der Waals surface area (Å²) in [5.74, 6) is 0.478. The summed E-state index contributed by atoms with van der Waals surface area (Å²) in [5.41, 5.74) is 0.982. The van der Waals surface area contributed by atoms with E-state index < -0.39 is 10.1 Å². The van der Waals surface area contributed by atoms with Crippen LogP contribution in [0.5, 0.6) is 0 Å². The molecule has 3 aliphatic rings. The van der Waals surface area contributed by atoms with Gasteiger partial charge in [0, 0.05) is 6.42 Å². The van der Waals surface area contributed by atoms with E-state index in [0.717, 1.165) is 24.7 Å². The van der Waals surface area contributed by atoms with E-state index >= 15 is 0 Å². The zero-order valence-electron chi connectivity index (χ0n) is 12.3. The van der Waals surface area contributed by atoms with E-state index in [1.54, 1.807) is 6.08 Å². The summed E-state index contributed by atoms with van der Waals surface area (Å²) in [4.78, 5) is 0. The van der Waals surface area contributed by atoms with Crippen molar-refractivity contribution in [2.75, 3.05) is 12.9 Å². The molecule has 5 nitrogen and oxygen atoms in total. The largest absolute Gasteiger partial charge is 0.387 e. The average molecular weight is 314 g/mol. The molecule has 118 valence electrons. The van der Waals surface area contributed by atoms with Crippen molar-refractivity contribution in [3.8, 4) is 0 Å². The number of hydrogen-bond acceptors (Lipinski definition) is 5. The molecular weight excluding hydrogens is 292 g/mol. The minimum Gasteiger partial charge on any atom is -0.387 e. The molecule has 0 N–H and O–H groups in total. The van der Waals surface area contributed by atoms with Crippen molar-refractivity contribution in [3.05, 3.63) is 23.5 Å². The zero-order valence-corrected chi connectivity index (χ0v) is 13.2. The number of ether oxygens (including phenoxy) is 2. The second kappa shape index (κ2) is 5.74. The van der Waals surface area contributed by atoms with E-state index in [2.05, 4.69) is 0 Å². The van der Waals surface area contributed by atoms with Crippen molar-refractivity contribution in [2.45, 2.75) is 56.8 Å². The van der Waals surface area contributed by atoms with Gasteiger partial charge in [-0.1, -0.05) is 25.3 Å². The monoisotopic (exact) mass is 314 g/mol. The first-order valence-electron chi connectivity index (χ1n) is 7.54. The molecule has 0 aromatic carbocycles. The van der Waals surface area contributed by atoms with Gasteiger partial charge < -0.3 is 13.7 Å². The highest BCUT2D eigenvalue weighted by molar-refractivity contribution is 7.86. The second-order valence-electron chi connectivity index (χ2n) is 6.17. The maximum Gasteiger partial charge on any atom is 0.305 e. The lowest BCUT2D eigenvalue weighted by Gasteiger charge is -2.31. The van der Waals surface area contributed by atoms with Gasteiger partial charge in [0.25, 0.3) is 0 Å². The van der Waals surface area contributed by atoms with Gasteiger partial charge in [-0.2, -0.15) is 8.42 Å². The number of hydrogen-bond donors (Lipinski definition) is 0. The summed E-state index contributed by atoms with van der Waals surface area (Å²) in [6, 6.07) is 0. The number of allylic oxidation sites excluding steroid dienone is 3. The van der Waals surface area contributed by atoms with Crippen LogP contribution in [-0.2, 0) is 23.8 Å². The Morgan fingerprint density at radius 2 is 1.95 bits per heavy atom. The first kappa shape index (κ1) is 15.1. The lowest BCUT2D eigenvalue weighted by atomic mass is 9.85. The van der Waals surface area contributed by atoms with Gasteiger partial charge in [0.2, 0.25) is 0 Å². The molecule has 1 saturated heterocycles. The van der Waals surface area contributed by atoms with E-state index in [-0.39, 0.29) is 11.9 Å². The molecule has 1 saturated carbocycles. The van der Waals surface area contributed by atoms with Crippen LogP contribution in [0.25, 0.3) is 0 Å². The fourth-order valence-electron chi connectivity index (χ4n) is 3.26. The third-order valence-electron chi connectivity index (χ3n) is 4.32. The van der Waals surface area contributed by atoms with Crippen molar-refractivity contribution in [2.24, 2.45) is 0 Å². The number of rotatable bonds is 3. The lowest BCUT2D eigenvalue weighted by Crippen LogP contribution is -2.34. The molecule has 21 heavy (non-hydrogen) atoms. The first-order chi connectivity index (χ1) is 9.96. The Labute approximate surface area is 126 Å². The lowest BCUT2D eigenvalue weighted by molar-refractivity contribution is -0.0798. The van der Waals surface area contributed by atoms with Gasteiger partial charge in [-0.05, 0) is 30.9 Å². The molecule has 2 fully saturated rings. The quantitative estimate of drug-likeness (QED) is 0.749. The Balaban J connectivity index is 1.64. The van der Waals surface area contributed by atoms with Crippen LogP contribution in [-0.4, -0.2) is 33.2 Å². The Bertz CT molecular complexity index is 555. The summed E-state index contributed by atoms with van der Waals surface area (Å²) < 4.78 is 39.1. The fraction of sp³-hybridized carbons (Fsp3) is 0.733. The molecule has 0 amide bonds. The maximum atomic E-state index is 11.1. The van der Waals surface area contributed by atoms with E-state index in [1.807, 2.05) is 6.08 Å². The highest BCUT2D eigenvalue weighted by Crippen LogP contribution is 2.40. The van der Waals surface area contributed by atoms with E-state index in [9.17, 15) is 8.42 Å². The van der Waals surface area contributed by atoms with Gasteiger partial charge in [0.15, 0.2) is 6.29 Å². The van der Waals surface area contributed by atoms with Crippen LogP contribution in [0.1, 0.15) is 44.9 Å². The van der Waals surface area contributed by atoms with Crippen LogP contribution in [0, 0.1) is 0 Å². The van der Waals surface area contributed by atoms with Gasteiger partial charge >= 0.3 is 10.1 Å². The molecule has 0 radical (unpaired) electrons. The third kappa shape index (κ3) is 3.67. The van der Waals surface area contributed by atoms with Gasteiger partial charge in [-0.3, -0.25) is 0 Å². The topological polar surface area (TPSA) is 61.8 Å². The van der Waals surface area contributed by atoms with Crippen LogP contribution >= 0.6 is 0 Å². The van der Waals surface area contributed by atoms with Crippen molar-refractivity contribution in [1.29, 1.82) is 0 Å². The van der Waals surface area contributed by atoms with Crippen LogP contribution < -0.4 is 0 Å². The standard InChI is InChI=1S/C15H22O5S/c1-21(16,17)20-13-7-5-12(6-8-13)14-18-11-15(19-14)9-3-2-4-10-15/h5,7,14H,2-4,6,8-11H2,1H3. The first-order valence-corrected chi connectivity index (χ1v) is 9.36. The molecule has 3 rings (SSSR count). The van der Waals surface area contributed by atoms with Crippen molar-refractivity contribution in [1.82, 2.24) is 0 Å². The molecule has 1 spiro atoms. The Morgan fingerprint density at radius 1 is 1.19 bits per heavy atom. The fourth-order valence-corrected chi connectivity index (χ4v) is 3.79. The summed E-state index contributed by atoms with van der Waals surface area (Å²) in [6.45, 7) is 0.672. The van der Waals surface area contributed by atoms with Crippen LogP contribution in [0.4, 0.5) is 0 Å². The van der Waals surface area contributed by atoms with Crippen LogP contribution in [0.2, 0.25) is 0 Å². The van der Waals surface area contributed by atoms with Gasteiger partial charge in [-0.25, -0.2) is 0 Å². The third-order valence-corrected chi connectivity index (χ3v) is 4.84. The average Bonchev–Trinajstić information content (AvgIpc) is 2.82.